The number of aliphatic hydroxyl groups is 1. The first-order valence-corrected chi connectivity index (χ1v) is 4.76. The molecule has 5 nitrogen and oxygen atoms in total. The largest absolute Gasteiger partial charge is 0.493 e. The topological polar surface area (TPSA) is 78.2 Å². The lowest BCUT2D eigenvalue weighted by Crippen LogP contribution is -2.00. The summed E-state index contributed by atoms with van der Waals surface area (Å²) in [5.41, 5.74) is 10.3. The van der Waals surface area contributed by atoms with E-state index < -0.39 is 6.04 Å². The van der Waals surface area contributed by atoms with Gasteiger partial charge in [0, 0.05) is 11.3 Å². The zero-order chi connectivity index (χ0) is 10.7. The van der Waals surface area contributed by atoms with Crippen LogP contribution in [0.1, 0.15) is 17.2 Å². The molecule has 0 saturated heterocycles. The van der Waals surface area contributed by atoms with Crippen molar-refractivity contribution >= 4 is 0 Å². The van der Waals surface area contributed by atoms with Crippen molar-refractivity contribution in [2.75, 3.05) is 13.2 Å². The molecule has 0 fully saturated rings. The van der Waals surface area contributed by atoms with Gasteiger partial charge in [-0.15, -0.1) is 0 Å². The molecule has 0 bridgehead atoms. The molecule has 0 aromatic heterocycles. The minimum absolute atomic E-state index is 0.177. The minimum atomic E-state index is -0.499. The molecule has 0 saturated carbocycles. The fraction of sp³-hybridized carbons (Fsp3) is 0.400. The van der Waals surface area contributed by atoms with Gasteiger partial charge in [-0.25, -0.2) is 0 Å². The van der Waals surface area contributed by atoms with Gasteiger partial charge in [-0.1, -0.05) is 17.2 Å². The zero-order valence-electron chi connectivity index (χ0n) is 8.13. The normalized spacial score (nSPS) is 15.0. The lowest BCUT2D eigenvalue weighted by Gasteiger charge is -2.09. The number of nitrogens with zero attached hydrogens (tertiary/aromatic N) is 3. The molecule has 1 aromatic carbocycles. The quantitative estimate of drug-likeness (QED) is 0.465. The molecule has 1 aromatic rings. The highest BCUT2D eigenvalue weighted by atomic mass is 16.5. The van der Waals surface area contributed by atoms with Crippen molar-refractivity contribution in [1.29, 1.82) is 0 Å². The van der Waals surface area contributed by atoms with Crippen LogP contribution in [0.15, 0.2) is 23.3 Å². The number of ether oxygens (including phenoxy) is 1. The van der Waals surface area contributed by atoms with Gasteiger partial charge in [-0.2, -0.15) is 0 Å². The third kappa shape index (κ3) is 1.88. The van der Waals surface area contributed by atoms with Gasteiger partial charge in [-0.05, 0) is 22.7 Å². The van der Waals surface area contributed by atoms with Crippen molar-refractivity contribution in [3.05, 3.63) is 39.8 Å². The molecule has 0 radical (unpaired) electrons. The number of hydrogen-bond donors (Lipinski definition) is 1. The third-order valence-corrected chi connectivity index (χ3v) is 2.46. The Labute approximate surface area is 86.9 Å². The second-order valence-electron chi connectivity index (χ2n) is 3.37. The van der Waals surface area contributed by atoms with Gasteiger partial charge in [0.25, 0.3) is 0 Å². The number of benzene rings is 1. The van der Waals surface area contributed by atoms with E-state index in [9.17, 15) is 0 Å². The average Bonchev–Trinajstić information content (AvgIpc) is 2.72. The van der Waals surface area contributed by atoms with Crippen LogP contribution in [0.25, 0.3) is 10.4 Å². The van der Waals surface area contributed by atoms with Crippen LogP contribution in [0.2, 0.25) is 0 Å². The Balaban J connectivity index is 2.32. The Bertz CT molecular complexity index is 413. The number of azide groups is 1. The maximum atomic E-state index is 9.06. The van der Waals surface area contributed by atoms with E-state index in [2.05, 4.69) is 10.0 Å². The van der Waals surface area contributed by atoms with Gasteiger partial charge in [-0.3, -0.25) is 0 Å². The number of fused-ring (bicyclic) bond motifs is 1. The number of aliphatic hydroxyl groups excluding tert-OH is 1. The van der Waals surface area contributed by atoms with Gasteiger partial charge in [0.1, 0.15) is 5.75 Å². The molecule has 1 N–H and O–H groups in total. The fourth-order valence-corrected chi connectivity index (χ4v) is 1.68. The Morgan fingerprint density at radius 3 is 3.20 bits per heavy atom. The van der Waals surface area contributed by atoms with Gasteiger partial charge in [0.15, 0.2) is 0 Å². The van der Waals surface area contributed by atoms with E-state index in [1.807, 2.05) is 18.2 Å². The van der Waals surface area contributed by atoms with E-state index in [-0.39, 0.29) is 6.61 Å². The summed E-state index contributed by atoms with van der Waals surface area (Å²) in [5.74, 6) is 0.886. The van der Waals surface area contributed by atoms with Crippen molar-refractivity contribution < 1.29 is 9.84 Å². The van der Waals surface area contributed by atoms with Crippen LogP contribution < -0.4 is 4.74 Å². The Kier molecular flexibility index (Phi) is 2.76. The van der Waals surface area contributed by atoms with Crippen molar-refractivity contribution in [2.24, 2.45) is 5.11 Å². The number of rotatable bonds is 3. The SMILES string of the molecule is [N-]=[N+]=NC(CO)c1ccc2c(c1)CCO2. The summed E-state index contributed by atoms with van der Waals surface area (Å²) in [6, 6.07) is 5.10. The summed E-state index contributed by atoms with van der Waals surface area (Å²) in [5, 5.41) is 12.6. The molecule has 0 amide bonds. The average molecular weight is 205 g/mol. The van der Waals surface area contributed by atoms with E-state index in [4.69, 9.17) is 15.4 Å². The summed E-state index contributed by atoms with van der Waals surface area (Å²) in [6.07, 6.45) is 0.873. The standard InChI is InChI=1S/C10H11N3O2/c11-13-12-9(6-14)7-1-2-10-8(5-7)3-4-15-10/h1-2,5,9,14H,3-4,6H2. The molecule has 78 valence electrons. The first-order valence-electron chi connectivity index (χ1n) is 4.76. The first kappa shape index (κ1) is 9.83. The van der Waals surface area contributed by atoms with E-state index in [0.717, 1.165) is 23.3 Å². The highest BCUT2D eigenvalue weighted by molar-refractivity contribution is 5.40. The van der Waals surface area contributed by atoms with Gasteiger partial charge in [0.05, 0.1) is 19.3 Å². The molecule has 1 aliphatic rings. The summed E-state index contributed by atoms with van der Waals surface area (Å²) < 4.78 is 5.36. The lowest BCUT2D eigenvalue weighted by atomic mass is 10.0. The van der Waals surface area contributed by atoms with Crippen LogP contribution in [-0.2, 0) is 6.42 Å². The summed E-state index contributed by atoms with van der Waals surface area (Å²) >= 11 is 0. The fourth-order valence-electron chi connectivity index (χ4n) is 1.68. The molecule has 0 spiro atoms. The van der Waals surface area contributed by atoms with Gasteiger partial charge >= 0.3 is 0 Å². The predicted molar refractivity (Wildman–Crippen MR) is 54.6 cm³/mol. The molecular weight excluding hydrogens is 194 g/mol. The molecule has 1 heterocycles. The Hall–Kier alpha value is -1.71. The summed E-state index contributed by atoms with van der Waals surface area (Å²) in [4.78, 5) is 2.71. The Morgan fingerprint density at radius 1 is 1.60 bits per heavy atom. The van der Waals surface area contributed by atoms with Crippen LogP contribution in [0.5, 0.6) is 5.75 Å². The molecule has 15 heavy (non-hydrogen) atoms. The number of hydrogen-bond acceptors (Lipinski definition) is 3. The van der Waals surface area contributed by atoms with Crippen molar-refractivity contribution in [2.45, 2.75) is 12.5 Å². The van der Waals surface area contributed by atoms with Crippen LogP contribution >= 0.6 is 0 Å². The van der Waals surface area contributed by atoms with Crippen molar-refractivity contribution in [3.8, 4) is 5.75 Å². The zero-order valence-corrected chi connectivity index (χ0v) is 8.13. The van der Waals surface area contributed by atoms with E-state index in [0.29, 0.717) is 6.61 Å². The maximum absolute atomic E-state index is 9.06. The van der Waals surface area contributed by atoms with Crippen molar-refractivity contribution in [3.63, 3.8) is 0 Å². The molecule has 1 aliphatic heterocycles. The van der Waals surface area contributed by atoms with Crippen LogP contribution in [0, 0.1) is 0 Å². The second-order valence-corrected chi connectivity index (χ2v) is 3.37. The smallest absolute Gasteiger partial charge is 0.122 e. The van der Waals surface area contributed by atoms with E-state index >= 15 is 0 Å². The van der Waals surface area contributed by atoms with Crippen molar-refractivity contribution in [1.82, 2.24) is 0 Å². The maximum Gasteiger partial charge on any atom is 0.122 e. The second kappa shape index (κ2) is 4.21. The van der Waals surface area contributed by atoms with Crippen LogP contribution in [-0.4, -0.2) is 18.3 Å². The lowest BCUT2D eigenvalue weighted by molar-refractivity contribution is 0.268. The highest BCUT2D eigenvalue weighted by Crippen LogP contribution is 2.29. The molecule has 0 aliphatic carbocycles. The van der Waals surface area contributed by atoms with E-state index in [1.54, 1.807) is 0 Å². The molecule has 2 rings (SSSR count). The predicted octanol–water partition coefficient (Wildman–Crippen LogP) is 1.97. The summed E-state index contributed by atoms with van der Waals surface area (Å²) in [6.45, 7) is 0.522. The van der Waals surface area contributed by atoms with Crippen LogP contribution in [0.3, 0.4) is 0 Å². The van der Waals surface area contributed by atoms with E-state index in [1.165, 1.54) is 0 Å². The van der Waals surface area contributed by atoms with Gasteiger partial charge < -0.3 is 9.84 Å². The molecular formula is C10H11N3O2. The minimum Gasteiger partial charge on any atom is -0.493 e. The molecule has 1 unspecified atom stereocenters. The molecule has 1 atom stereocenters. The summed E-state index contributed by atoms with van der Waals surface area (Å²) in [7, 11) is 0. The highest BCUT2D eigenvalue weighted by Gasteiger charge is 2.15. The Morgan fingerprint density at radius 2 is 2.47 bits per heavy atom. The van der Waals surface area contributed by atoms with Gasteiger partial charge in [0.2, 0.25) is 0 Å². The first-order chi connectivity index (χ1) is 7.35. The third-order valence-electron chi connectivity index (χ3n) is 2.46. The van der Waals surface area contributed by atoms with Crippen LogP contribution in [0.4, 0.5) is 0 Å². The molecule has 5 heteroatoms. The monoisotopic (exact) mass is 205 g/mol.